The van der Waals surface area contributed by atoms with E-state index in [0.29, 0.717) is 0 Å². The zero-order chi connectivity index (χ0) is 14.8. The summed E-state index contributed by atoms with van der Waals surface area (Å²) in [4.78, 5) is 14.7. The standard InChI is InChI=1S/C16H21N3O2/c1-3-13-7-8-15(21-13)14-6-4-10-18(14)16(20)12(2)19-11-5-9-17-19/h5,7-9,11-12,14H,3-4,6,10H2,1-2H3/t12-,14+/m1/s1. The third-order valence-corrected chi connectivity index (χ3v) is 4.17. The van der Waals surface area contributed by atoms with Gasteiger partial charge in [-0.25, -0.2) is 0 Å². The van der Waals surface area contributed by atoms with Crippen molar-refractivity contribution < 1.29 is 9.21 Å². The molecule has 3 rings (SSSR count). The van der Waals surface area contributed by atoms with Gasteiger partial charge in [-0.1, -0.05) is 6.92 Å². The van der Waals surface area contributed by atoms with Gasteiger partial charge >= 0.3 is 0 Å². The highest BCUT2D eigenvalue weighted by Gasteiger charge is 2.34. The second kappa shape index (κ2) is 5.76. The average molecular weight is 287 g/mol. The lowest BCUT2D eigenvalue weighted by atomic mass is 10.1. The summed E-state index contributed by atoms with van der Waals surface area (Å²) >= 11 is 0. The van der Waals surface area contributed by atoms with Crippen molar-refractivity contribution in [1.29, 1.82) is 0 Å². The van der Waals surface area contributed by atoms with E-state index in [1.807, 2.05) is 36.2 Å². The number of aromatic nitrogens is 2. The Morgan fingerprint density at radius 3 is 3.05 bits per heavy atom. The maximum Gasteiger partial charge on any atom is 0.247 e. The fraction of sp³-hybridized carbons (Fsp3) is 0.500. The van der Waals surface area contributed by atoms with Crippen LogP contribution >= 0.6 is 0 Å². The predicted octanol–water partition coefficient (Wildman–Crippen LogP) is 2.96. The van der Waals surface area contributed by atoms with Gasteiger partial charge in [-0.05, 0) is 38.0 Å². The Morgan fingerprint density at radius 1 is 1.52 bits per heavy atom. The second-order valence-electron chi connectivity index (χ2n) is 5.51. The van der Waals surface area contributed by atoms with E-state index in [1.54, 1.807) is 10.9 Å². The number of rotatable bonds is 4. The molecule has 1 amide bonds. The number of amides is 1. The molecule has 2 aromatic rings. The third kappa shape index (κ3) is 2.60. The molecule has 21 heavy (non-hydrogen) atoms. The van der Waals surface area contributed by atoms with Gasteiger partial charge in [0.25, 0.3) is 0 Å². The Bertz CT molecular complexity index is 603. The Kier molecular flexibility index (Phi) is 3.82. The van der Waals surface area contributed by atoms with Crippen molar-refractivity contribution in [3.8, 4) is 0 Å². The highest BCUT2D eigenvalue weighted by molar-refractivity contribution is 5.80. The zero-order valence-electron chi connectivity index (χ0n) is 12.5. The smallest absolute Gasteiger partial charge is 0.247 e. The molecule has 1 aliphatic heterocycles. The van der Waals surface area contributed by atoms with Crippen molar-refractivity contribution >= 4 is 5.91 Å². The van der Waals surface area contributed by atoms with E-state index >= 15 is 0 Å². The zero-order valence-corrected chi connectivity index (χ0v) is 12.5. The molecule has 0 radical (unpaired) electrons. The lowest BCUT2D eigenvalue weighted by molar-refractivity contribution is -0.135. The molecule has 2 aromatic heterocycles. The fourth-order valence-electron chi connectivity index (χ4n) is 2.95. The minimum atomic E-state index is -0.277. The monoisotopic (exact) mass is 287 g/mol. The largest absolute Gasteiger partial charge is 0.464 e. The molecule has 2 atom stereocenters. The molecule has 0 aromatic carbocycles. The quantitative estimate of drug-likeness (QED) is 0.868. The summed E-state index contributed by atoms with van der Waals surface area (Å²) in [6, 6.07) is 5.64. The summed E-state index contributed by atoms with van der Waals surface area (Å²) in [5, 5.41) is 4.17. The first-order valence-electron chi connectivity index (χ1n) is 7.59. The van der Waals surface area contributed by atoms with Crippen LogP contribution in [0.5, 0.6) is 0 Å². The summed E-state index contributed by atoms with van der Waals surface area (Å²) in [6.45, 7) is 4.75. The van der Waals surface area contributed by atoms with Crippen LogP contribution in [-0.4, -0.2) is 27.1 Å². The average Bonchev–Trinajstić information content (AvgIpc) is 3.24. The van der Waals surface area contributed by atoms with Crippen LogP contribution < -0.4 is 0 Å². The van der Waals surface area contributed by atoms with Crippen molar-refractivity contribution in [2.24, 2.45) is 0 Å². The number of furan rings is 1. The Morgan fingerprint density at radius 2 is 2.38 bits per heavy atom. The first-order chi connectivity index (χ1) is 10.2. The minimum Gasteiger partial charge on any atom is -0.464 e. The summed E-state index contributed by atoms with van der Waals surface area (Å²) in [7, 11) is 0. The van der Waals surface area contributed by atoms with Crippen LogP contribution in [0.4, 0.5) is 0 Å². The van der Waals surface area contributed by atoms with Gasteiger partial charge in [0.05, 0.1) is 6.04 Å². The molecule has 0 N–H and O–H groups in total. The molecule has 1 saturated heterocycles. The van der Waals surface area contributed by atoms with Crippen molar-refractivity contribution in [2.45, 2.75) is 45.2 Å². The molecule has 5 nitrogen and oxygen atoms in total. The Balaban J connectivity index is 1.78. The molecular weight excluding hydrogens is 266 g/mol. The first kappa shape index (κ1) is 13.9. The van der Waals surface area contributed by atoms with Crippen molar-refractivity contribution in [3.05, 3.63) is 42.1 Å². The number of aryl methyl sites for hydroxylation is 1. The summed E-state index contributed by atoms with van der Waals surface area (Å²) in [5.74, 6) is 1.99. The van der Waals surface area contributed by atoms with Gasteiger partial charge in [-0.15, -0.1) is 0 Å². The number of carbonyl (C=O) groups is 1. The van der Waals surface area contributed by atoms with Gasteiger partial charge in [0, 0.05) is 25.4 Å². The molecule has 3 heterocycles. The molecular formula is C16H21N3O2. The highest BCUT2D eigenvalue weighted by atomic mass is 16.3. The van der Waals surface area contributed by atoms with Crippen LogP contribution in [0.25, 0.3) is 0 Å². The summed E-state index contributed by atoms with van der Waals surface area (Å²) in [5.41, 5.74) is 0. The summed E-state index contributed by atoms with van der Waals surface area (Å²) < 4.78 is 7.56. The molecule has 1 fully saturated rings. The molecule has 0 bridgehead atoms. The van der Waals surface area contributed by atoms with Gasteiger partial charge in [-0.3, -0.25) is 9.48 Å². The van der Waals surface area contributed by atoms with Gasteiger partial charge in [0.2, 0.25) is 5.91 Å². The van der Waals surface area contributed by atoms with Crippen LogP contribution in [-0.2, 0) is 11.2 Å². The molecule has 0 unspecified atom stereocenters. The van der Waals surface area contributed by atoms with Gasteiger partial charge in [0.15, 0.2) is 0 Å². The normalized spacial score (nSPS) is 19.9. The van der Waals surface area contributed by atoms with Crippen LogP contribution in [0.3, 0.4) is 0 Å². The van der Waals surface area contributed by atoms with Gasteiger partial charge < -0.3 is 9.32 Å². The third-order valence-electron chi connectivity index (χ3n) is 4.17. The Labute approximate surface area is 124 Å². The van der Waals surface area contributed by atoms with Crippen LogP contribution in [0.15, 0.2) is 35.0 Å². The van der Waals surface area contributed by atoms with Crippen molar-refractivity contribution in [3.63, 3.8) is 0 Å². The summed E-state index contributed by atoms with van der Waals surface area (Å²) in [6.07, 6.45) is 6.39. The predicted molar refractivity (Wildman–Crippen MR) is 78.7 cm³/mol. The van der Waals surface area contributed by atoms with E-state index < -0.39 is 0 Å². The molecule has 0 aliphatic carbocycles. The van der Waals surface area contributed by atoms with E-state index in [2.05, 4.69) is 12.0 Å². The van der Waals surface area contributed by atoms with E-state index in [9.17, 15) is 4.79 Å². The lowest BCUT2D eigenvalue weighted by Gasteiger charge is -2.26. The maximum absolute atomic E-state index is 12.7. The van der Waals surface area contributed by atoms with Crippen molar-refractivity contribution in [1.82, 2.24) is 14.7 Å². The molecule has 1 aliphatic rings. The first-order valence-corrected chi connectivity index (χ1v) is 7.59. The van der Waals surface area contributed by atoms with Gasteiger partial charge in [-0.2, -0.15) is 5.10 Å². The van der Waals surface area contributed by atoms with Crippen LogP contribution in [0.2, 0.25) is 0 Å². The van der Waals surface area contributed by atoms with Crippen molar-refractivity contribution in [2.75, 3.05) is 6.54 Å². The topological polar surface area (TPSA) is 51.3 Å². The van der Waals surface area contributed by atoms with E-state index in [-0.39, 0.29) is 18.0 Å². The number of nitrogens with zero attached hydrogens (tertiary/aromatic N) is 3. The highest BCUT2D eigenvalue weighted by Crippen LogP contribution is 2.34. The number of hydrogen-bond acceptors (Lipinski definition) is 3. The van der Waals surface area contributed by atoms with E-state index in [1.165, 1.54) is 0 Å². The van der Waals surface area contributed by atoms with Crippen LogP contribution in [0, 0.1) is 0 Å². The minimum absolute atomic E-state index is 0.0656. The molecule has 0 saturated carbocycles. The number of hydrogen-bond donors (Lipinski definition) is 0. The fourth-order valence-corrected chi connectivity index (χ4v) is 2.95. The number of likely N-dealkylation sites (tertiary alicyclic amines) is 1. The Hall–Kier alpha value is -2.04. The molecule has 5 heteroatoms. The molecule has 112 valence electrons. The maximum atomic E-state index is 12.7. The number of carbonyl (C=O) groups excluding carboxylic acids is 1. The second-order valence-corrected chi connectivity index (χ2v) is 5.51. The van der Waals surface area contributed by atoms with Crippen LogP contribution in [0.1, 0.15) is 50.3 Å². The van der Waals surface area contributed by atoms with Gasteiger partial charge in [0.1, 0.15) is 17.6 Å². The van der Waals surface area contributed by atoms with E-state index in [0.717, 1.165) is 37.3 Å². The lowest BCUT2D eigenvalue weighted by Crippen LogP contribution is -2.35. The SMILES string of the molecule is CCc1ccc([C@@H]2CCCN2C(=O)[C@@H](C)n2cccn2)o1. The molecule has 0 spiro atoms. The van der Waals surface area contributed by atoms with E-state index in [4.69, 9.17) is 4.42 Å².